The molecule has 1 saturated heterocycles. The average molecular weight is 336 g/mol. The van der Waals surface area contributed by atoms with Crippen molar-refractivity contribution in [3.8, 4) is 0 Å². The predicted molar refractivity (Wildman–Crippen MR) is 86.1 cm³/mol. The lowest BCUT2D eigenvalue weighted by Gasteiger charge is -2.22. The van der Waals surface area contributed by atoms with Crippen molar-refractivity contribution < 1.29 is 23.1 Å². The number of nitrogens with one attached hydrogen (secondary N) is 2. The number of amides is 2. The molecule has 0 saturated carbocycles. The van der Waals surface area contributed by atoms with Crippen molar-refractivity contribution in [2.24, 2.45) is 0 Å². The first-order valence-electron chi connectivity index (χ1n) is 7.94. The highest BCUT2D eigenvalue weighted by atomic mass is 19.1. The maximum Gasteiger partial charge on any atom is 0.315 e. The molecular formula is C17H21FN2O4. The molecule has 1 aromatic heterocycles. The Balaban J connectivity index is 1.50. The second kappa shape index (κ2) is 6.78. The van der Waals surface area contributed by atoms with E-state index in [4.69, 9.17) is 13.9 Å². The molecule has 0 radical (unpaired) electrons. The zero-order valence-corrected chi connectivity index (χ0v) is 13.8. The van der Waals surface area contributed by atoms with E-state index < -0.39 is 5.79 Å². The third-order valence-corrected chi connectivity index (χ3v) is 4.17. The summed E-state index contributed by atoms with van der Waals surface area (Å²) in [5.41, 5.74) is 1.43. The molecule has 0 aliphatic carbocycles. The fraction of sp³-hybridized carbons (Fsp3) is 0.471. The molecule has 6 nitrogen and oxygen atoms in total. The molecule has 2 amide bonds. The van der Waals surface area contributed by atoms with Crippen molar-refractivity contribution >= 4 is 17.0 Å². The van der Waals surface area contributed by atoms with Gasteiger partial charge >= 0.3 is 6.03 Å². The number of ether oxygens (including phenoxy) is 2. The standard InChI is InChI=1S/C17H21FN2O4/c1-11-13-9-12(18)3-4-14(13)24-15(11)10-20-16(21)19-6-5-17(2)22-7-8-23-17/h3-4,9H,5-8,10H2,1-2H3,(H2,19,20,21). The lowest BCUT2D eigenvalue weighted by Crippen LogP contribution is -2.39. The Bertz CT molecular complexity index is 738. The van der Waals surface area contributed by atoms with Crippen LogP contribution in [-0.2, 0) is 16.0 Å². The van der Waals surface area contributed by atoms with Crippen LogP contribution in [0, 0.1) is 12.7 Å². The predicted octanol–water partition coefficient (Wildman–Crippen LogP) is 2.83. The molecule has 1 aromatic carbocycles. The Kier molecular flexibility index (Phi) is 4.73. The van der Waals surface area contributed by atoms with Crippen LogP contribution in [0.25, 0.3) is 11.0 Å². The maximum absolute atomic E-state index is 13.3. The van der Waals surface area contributed by atoms with Crippen LogP contribution in [0.3, 0.4) is 0 Å². The number of hydrogen-bond acceptors (Lipinski definition) is 4. The number of fused-ring (bicyclic) bond motifs is 1. The smallest absolute Gasteiger partial charge is 0.315 e. The molecular weight excluding hydrogens is 315 g/mol. The molecule has 2 heterocycles. The number of aryl methyl sites for hydroxylation is 1. The highest BCUT2D eigenvalue weighted by Gasteiger charge is 2.30. The van der Waals surface area contributed by atoms with Gasteiger partial charge in [0, 0.05) is 23.9 Å². The van der Waals surface area contributed by atoms with Gasteiger partial charge in [-0.3, -0.25) is 0 Å². The topological polar surface area (TPSA) is 72.7 Å². The van der Waals surface area contributed by atoms with Crippen LogP contribution in [0.5, 0.6) is 0 Å². The Labute approximate surface area is 139 Å². The first kappa shape index (κ1) is 16.7. The molecule has 0 spiro atoms. The minimum atomic E-state index is -0.618. The Morgan fingerprint density at radius 1 is 1.29 bits per heavy atom. The van der Waals surface area contributed by atoms with E-state index in [1.54, 1.807) is 6.07 Å². The Morgan fingerprint density at radius 2 is 2.04 bits per heavy atom. The zero-order valence-electron chi connectivity index (χ0n) is 13.8. The van der Waals surface area contributed by atoms with E-state index in [1.165, 1.54) is 12.1 Å². The van der Waals surface area contributed by atoms with Gasteiger partial charge in [0.2, 0.25) is 0 Å². The SMILES string of the molecule is Cc1c(CNC(=O)NCCC2(C)OCCO2)oc2ccc(F)cc12. The van der Waals surface area contributed by atoms with Crippen LogP contribution in [-0.4, -0.2) is 31.6 Å². The third-order valence-electron chi connectivity index (χ3n) is 4.17. The molecule has 1 aliphatic rings. The molecule has 0 unspecified atom stereocenters. The fourth-order valence-corrected chi connectivity index (χ4v) is 2.74. The molecule has 2 N–H and O–H groups in total. The van der Waals surface area contributed by atoms with Gasteiger partial charge in [-0.25, -0.2) is 9.18 Å². The monoisotopic (exact) mass is 336 g/mol. The van der Waals surface area contributed by atoms with Crippen LogP contribution in [0.1, 0.15) is 24.7 Å². The molecule has 3 rings (SSSR count). The molecule has 1 aliphatic heterocycles. The van der Waals surface area contributed by atoms with E-state index in [1.807, 2.05) is 13.8 Å². The molecule has 7 heteroatoms. The number of rotatable bonds is 5. The van der Waals surface area contributed by atoms with Gasteiger partial charge in [0.05, 0.1) is 19.8 Å². The lowest BCUT2D eigenvalue weighted by molar-refractivity contribution is -0.145. The van der Waals surface area contributed by atoms with Crippen molar-refractivity contribution in [2.75, 3.05) is 19.8 Å². The van der Waals surface area contributed by atoms with E-state index in [2.05, 4.69) is 10.6 Å². The van der Waals surface area contributed by atoms with Crippen molar-refractivity contribution in [1.82, 2.24) is 10.6 Å². The first-order chi connectivity index (χ1) is 11.5. The summed E-state index contributed by atoms with van der Waals surface area (Å²) in [6.07, 6.45) is 0.573. The highest BCUT2D eigenvalue weighted by molar-refractivity contribution is 5.82. The fourth-order valence-electron chi connectivity index (χ4n) is 2.74. The second-order valence-electron chi connectivity index (χ2n) is 5.98. The third kappa shape index (κ3) is 3.68. The number of carbonyl (C=O) groups excluding carboxylic acids is 1. The number of halogens is 1. The summed E-state index contributed by atoms with van der Waals surface area (Å²) in [5.74, 6) is -0.319. The minimum Gasteiger partial charge on any atom is -0.459 e. The number of carbonyl (C=O) groups is 1. The van der Waals surface area contributed by atoms with Gasteiger partial charge in [-0.2, -0.15) is 0 Å². The number of urea groups is 1. The van der Waals surface area contributed by atoms with Crippen molar-refractivity contribution in [3.63, 3.8) is 0 Å². The summed E-state index contributed by atoms with van der Waals surface area (Å²) in [5, 5.41) is 6.21. The van der Waals surface area contributed by atoms with Gasteiger partial charge in [0.1, 0.15) is 17.2 Å². The summed E-state index contributed by atoms with van der Waals surface area (Å²) in [6, 6.07) is 4.06. The first-order valence-corrected chi connectivity index (χ1v) is 7.94. The van der Waals surface area contributed by atoms with Crippen LogP contribution in [0.15, 0.2) is 22.6 Å². The normalized spacial score (nSPS) is 16.5. The quantitative estimate of drug-likeness (QED) is 0.881. The average Bonchev–Trinajstić information content (AvgIpc) is 3.10. The van der Waals surface area contributed by atoms with Crippen molar-refractivity contribution in [2.45, 2.75) is 32.6 Å². The summed E-state index contributed by atoms with van der Waals surface area (Å²) in [4.78, 5) is 11.9. The minimum absolute atomic E-state index is 0.234. The number of benzene rings is 1. The van der Waals surface area contributed by atoms with Crippen molar-refractivity contribution in [1.29, 1.82) is 0 Å². The van der Waals surface area contributed by atoms with Gasteiger partial charge < -0.3 is 24.5 Å². The van der Waals surface area contributed by atoms with E-state index in [0.717, 1.165) is 10.9 Å². The Morgan fingerprint density at radius 3 is 2.79 bits per heavy atom. The molecule has 0 bridgehead atoms. The van der Waals surface area contributed by atoms with Crippen LogP contribution >= 0.6 is 0 Å². The molecule has 1 fully saturated rings. The lowest BCUT2D eigenvalue weighted by atomic mass is 10.1. The Hall–Kier alpha value is -2.12. The van der Waals surface area contributed by atoms with E-state index >= 15 is 0 Å². The second-order valence-corrected chi connectivity index (χ2v) is 5.98. The molecule has 24 heavy (non-hydrogen) atoms. The zero-order chi connectivity index (χ0) is 17.2. The van der Waals surface area contributed by atoms with E-state index in [9.17, 15) is 9.18 Å². The largest absolute Gasteiger partial charge is 0.459 e. The highest BCUT2D eigenvalue weighted by Crippen LogP contribution is 2.26. The molecule has 130 valence electrons. The van der Waals surface area contributed by atoms with E-state index in [0.29, 0.717) is 37.5 Å². The van der Waals surface area contributed by atoms with E-state index in [-0.39, 0.29) is 18.4 Å². The van der Waals surface area contributed by atoms with Crippen LogP contribution in [0.2, 0.25) is 0 Å². The summed E-state index contributed by atoms with van der Waals surface area (Å²) in [6.45, 7) is 5.53. The molecule has 2 aromatic rings. The number of hydrogen-bond donors (Lipinski definition) is 2. The van der Waals surface area contributed by atoms with Gasteiger partial charge in [-0.15, -0.1) is 0 Å². The maximum atomic E-state index is 13.3. The summed E-state index contributed by atoms with van der Waals surface area (Å²) in [7, 11) is 0. The van der Waals surface area contributed by atoms with Crippen LogP contribution < -0.4 is 10.6 Å². The van der Waals surface area contributed by atoms with Crippen molar-refractivity contribution in [3.05, 3.63) is 35.3 Å². The van der Waals surface area contributed by atoms with Gasteiger partial charge in [-0.05, 0) is 32.0 Å². The van der Waals surface area contributed by atoms with Gasteiger partial charge in [0.25, 0.3) is 0 Å². The van der Waals surface area contributed by atoms with Crippen LogP contribution in [0.4, 0.5) is 9.18 Å². The van der Waals surface area contributed by atoms with Gasteiger partial charge in [0.15, 0.2) is 5.79 Å². The van der Waals surface area contributed by atoms with Gasteiger partial charge in [-0.1, -0.05) is 0 Å². The number of furan rings is 1. The molecule has 0 atom stereocenters. The summed E-state index contributed by atoms with van der Waals surface area (Å²) >= 11 is 0. The summed E-state index contributed by atoms with van der Waals surface area (Å²) < 4.78 is 29.9.